The molecular weight excluding hydrogens is 312 g/mol. The lowest BCUT2D eigenvalue weighted by Crippen LogP contribution is -2.30. The van der Waals surface area contributed by atoms with E-state index in [4.69, 9.17) is 0 Å². The number of amides is 1. The van der Waals surface area contributed by atoms with Crippen LogP contribution in [-0.4, -0.2) is 11.2 Å². The van der Waals surface area contributed by atoms with Crippen LogP contribution < -0.4 is 5.32 Å². The predicted octanol–water partition coefficient (Wildman–Crippen LogP) is 3.96. The van der Waals surface area contributed by atoms with Gasteiger partial charge in [-0.05, 0) is 24.4 Å². The maximum atomic E-state index is 13.5. The van der Waals surface area contributed by atoms with Crippen LogP contribution in [0.25, 0.3) is 0 Å². The topological polar surface area (TPSA) is 29.1 Å². The zero-order chi connectivity index (χ0) is 15.2. The largest absolute Gasteiger partial charge is 0.350 e. The van der Waals surface area contributed by atoms with Gasteiger partial charge in [-0.2, -0.15) is 0 Å². The minimum atomic E-state index is -0.858. The lowest BCUT2D eigenvalue weighted by molar-refractivity contribution is -0.120. The molecule has 1 aromatic carbocycles. The molecule has 1 aromatic heterocycles. The molecule has 0 aliphatic carbocycles. The number of carbonyl (C=O) groups excluding carboxylic acids is 1. The van der Waals surface area contributed by atoms with Crippen LogP contribution in [0.1, 0.15) is 17.4 Å². The summed E-state index contributed by atoms with van der Waals surface area (Å²) in [5.74, 6) is -1.54. The average Bonchev–Trinajstić information content (AvgIpc) is 2.99. The average molecular weight is 327 g/mol. The number of hydrogen-bond donors (Lipinski definition) is 1. The van der Waals surface area contributed by atoms with Crippen molar-refractivity contribution in [1.82, 2.24) is 5.32 Å². The zero-order valence-electron chi connectivity index (χ0n) is 11.4. The molecule has 0 saturated carbocycles. The van der Waals surface area contributed by atoms with E-state index in [-0.39, 0.29) is 22.5 Å². The number of thioether (sulfide) groups is 1. The van der Waals surface area contributed by atoms with Crippen LogP contribution in [0, 0.1) is 11.6 Å². The summed E-state index contributed by atoms with van der Waals surface area (Å²) in [5, 5.41) is 4.45. The van der Waals surface area contributed by atoms with E-state index < -0.39 is 11.6 Å². The highest BCUT2D eigenvalue weighted by atomic mass is 32.2. The van der Waals surface area contributed by atoms with Crippen molar-refractivity contribution in [3.63, 3.8) is 0 Å². The highest BCUT2D eigenvalue weighted by molar-refractivity contribution is 7.99. The van der Waals surface area contributed by atoms with E-state index in [0.717, 1.165) is 10.9 Å². The van der Waals surface area contributed by atoms with Gasteiger partial charge in [-0.3, -0.25) is 4.79 Å². The molecule has 0 radical (unpaired) electrons. The molecule has 112 valence electrons. The van der Waals surface area contributed by atoms with E-state index >= 15 is 0 Å². The Morgan fingerprint density at radius 1 is 1.33 bits per heavy atom. The maximum absolute atomic E-state index is 13.5. The fraction of sp³-hybridized carbons (Fsp3) is 0.267. The van der Waals surface area contributed by atoms with E-state index in [1.54, 1.807) is 18.3 Å². The number of nitrogens with one attached hydrogen (secondary N) is 1. The number of halogens is 2. The van der Waals surface area contributed by atoms with Gasteiger partial charge >= 0.3 is 0 Å². The molecule has 2 nitrogen and oxygen atoms in total. The SMILES string of the molecule is C[C@@H](SCc1cccc(F)c1F)C(=O)NCc1cccs1. The van der Waals surface area contributed by atoms with Crippen molar-refractivity contribution in [3.8, 4) is 0 Å². The third kappa shape index (κ3) is 4.54. The van der Waals surface area contributed by atoms with Gasteiger partial charge in [-0.15, -0.1) is 23.1 Å². The summed E-state index contributed by atoms with van der Waals surface area (Å²) in [7, 11) is 0. The first-order chi connectivity index (χ1) is 10.1. The van der Waals surface area contributed by atoms with Gasteiger partial charge in [0, 0.05) is 16.2 Å². The third-order valence-electron chi connectivity index (χ3n) is 2.91. The van der Waals surface area contributed by atoms with E-state index in [1.807, 2.05) is 17.5 Å². The molecule has 0 bridgehead atoms. The summed E-state index contributed by atoms with van der Waals surface area (Å²) in [6.45, 7) is 2.25. The number of hydrogen-bond acceptors (Lipinski definition) is 3. The molecule has 1 atom stereocenters. The van der Waals surface area contributed by atoms with Crippen LogP contribution in [-0.2, 0) is 17.1 Å². The lowest BCUT2D eigenvalue weighted by atomic mass is 10.2. The number of rotatable bonds is 6. The standard InChI is InChI=1S/C15H15F2NOS2/c1-10(15(19)18-8-12-5-3-7-20-12)21-9-11-4-2-6-13(16)14(11)17/h2-7,10H,8-9H2,1H3,(H,18,19)/t10-/m1/s1. The van der Waals surface area contributed by atoms with Gasteiger partial charge in [0.2, 0.25) is 5.91 Å². The molecule has 1 heterocycles. The maximum Gasteiger partial charge on any atom is 0.233 e. The molecular formula is C15H15F2NOS2. The van der Waals surface area contributed by atoms with Gasteiger partial charge in [-0.1, -0.05) is 18.2 Å². The third-order valence-corrected chi connectivity index (χ3v) is 4.97. The van der Waals surface area contributed by atoms with Gasteiger partial charge in [-0.25, -0.2) is 8.78 Å². The van der Waals surface area contributed by atoms with Crippen molar-refractivity contribution in [2.45, 2.75) is 24.5 Å². The Bertz CT molecular complexity index is 602. The van der Waals surface area contributed by atoms with Crippen molar-refractivity contribution in [2.24, 2.45) is 0 Å². The molecule has 0 fully saturated rings. The van der Waals surface area contributed by atoms with Crippen molar-refractivity contribution in [2.75, 3.05) is 0 Å². The van der Waals surface area contributed by atoms with Crippen LogP contribution in [0.3, 0.4) is 0 Å². The minimum Gasteiger partial charge on any atom is -0.350 e. The molecule has 1 N–H and O–H groups in total. The fourth-order valence-electron chi connectivity index (χ4n) is 1.68. The Labute approximate surface area is 130 Å². The first-order valence-corrected chi connectivity index (χ1v) is 8.35. The zero-order valence-corrected chi connectivity index (χ0v) is 13.1. The highest BCUT2D eigenvalue weighted by Crippen LogP contribution is 2.21. The number of carbonyl (C=O) groups is 1. The van der Waals surface area contributed by atoms with Gasteiger partial charge < -0.3 is 5.32 Å². The predicted molar refractivity (Wildman–Crippen MR) is 83.3 cm³/mol. The van der Waals surface area contributed by atoms with Crippen LogP contribution in [0.4, 0.5) is 8.78 Å². The Balaban J connectivity index is 1.82. The second kappa shape index (κ2) is 7.56. The summed E-state index contributed by atoms with van der Waals surface area (Å²) in [5.41, 5.74) is 0.276. The smallest absolute Gasteiger partial charge is 0.233 e. The summed E-state index contributed by atoms with van der Waals surface area (Å²) in [6, 6.07) is 7.96. The van der Waals surface area contributed by atoms with Crippen LogP contribution in [0.5, 0.6) is 0 Å². The molecule has 2 rings (SSSR count). The van der Waals surface area contributed by atoms with E-state index in [1.165, 1.54) is 23.9 Å². The van der Waals surface area contributed by atoms with Crippen molar-refractivity contribution in [3.05, 3.63) is 57.8 Å². The molecule has 0 unspecified atom stereocenters. The second-order valence-electron chi connectivity index (χ2n) is 4.46. The summed E-state index contributed by atoms with van der Waals surface area (Å²) < 4.78 is 26.6. The highest BCUT2D eigenvalue weighted by Gasteiger charge is 2.15. The van der Waals surface area contributed by atoms with Gasteiger partial charge in [0.15, 0.2) is 11.6 Å². The molecule has 0 spiro atoms. The molecule has 0 saturated heterocycles. The van der Waals surface area contributed by atoms with E-state index in [9.17, 15) is 13.6 Å². The summed E-state index contributed by atoms with van der Waals surface area (Å²) >= 11 is 2.86. The molecule has 0 aliphatic heterocycles. The van der Waals surface area contributed by atoms with Crippen LogP contribution >= 0.6 is 23.1 Å². The normalized spacial score (nSPS) is 12.1. The first-order valence-electron chi connectivity index (χ1n) is 6.42. The van der Waals surface area contributed by atoms with Gasteiger partial charge in [0.05, 0.1) is 11.8 Å². The molecule has 6 heteroatoms. The Hall–Kier alpha value is -1.40. The van der Waals surface area contributed by atoms with Crippen LogP contribution in [0.2, 0.25) is 0 Å². The first kappa shape index (κ1) is 16.0. The minimum absolute atomic E-state index is 0.106. The summed E-state index contributed by atoms with van der Waals surface area (Å²) in [6.07, 6.45) is 0. The number of thiophene rings is 1. The Morgan fingerprint density at radius 3 is 2.86 bits per heavy atom. The molecule has 2 aromatic rings. The summed E-state index contributed by atoms with van der Waals surface area (Å²) in [4.78, 5) is 13.0. The van der Waals surface area contributed by atoms with E-state index in [2.05, 4.69) is 5.32 Å². The van der Waals surface area contributed by atoms with Crippen molar-refractivity contribution >= 4 is 29.0 Å². The molecule has 21 heavy (non-hydrogen) atoms. The van der Waals surface area contributed by atoms with Crippen molar-refractivity contribution in [1.29, 1.82) is 0 Å². The quantitative estimate of drug-likeness (QED) is 0.870. The number of benzene rings is 1. The molecule has 1 amide bonds. The van der Waals surface area contributed by atoms with E-state index in [0.29, 0.717) is 6.54 Å². The lowest BCUT2D eigenvalue weighted by Gasteiger charge is -2.12. The monoisotopic (exact) mass is 327 g/mol. The second-order valence-corrected chi connectivity index (χ2v) is 6.82. The Kier molecular flexibility index (Phi) is 5.76. The van der Waals surface area contributed by atoms with Crippen molar-refractivity contribution < 1.29 is 13.6 Å². The fourth-order valence-corrected chi connectivity index (χ4v) is 3.21. The van der Waals surface area contributed by atoms with Gasteiger partial charge in [0.1, 0.15) is 0 Å². The van der Waals surface area contributed by atoms with Gasteiger partial charge in [0.25, 0.3) is 0 Å². The molecule has 0 aliphatic rings. The Morgan fingerprint density at radius 2 is 2.14 bits per heavy atom. The van der Waals surface area contributed by atoms with Crippen LogP contribution in [0.15, 0.2) is 35.7 Å².